The molecule has 3 aromatic rings. The number of likely N-dealkylation sites (tertiary alicyclic amines) is 1. The Bertz CT molecular complexity index is 1160. The molecule has 1 aromatic carbocycles. The highest BCUT2D eigenvalue weighted by molar-refractivity contribution is 5.88. The van der Waals surface area contributed by atoms with E-state index in [-0.39, 0.29) is 18.3 Å². The van der Waals surface area contributed by atoms with Crippen LogP contribution in [0.1, 0.15) is 29.8 Å². The van der Waals surface area contributed by atoms with Gasteiger partial charge in [0.25, 0.3) is 0 Å². The Balaban J connectivity index is 1.32. The number of carbonyl (C=O) groups excluding carboxylic acids is 1. The number of nitrogens with one attached hydrogen (secondary N) is 1. The first-order chi connectivity index (χ1) is 16.4. The van der Waals surface area contributed by atoms with Crippen LogP contribution >= 0.6 is 0 Å². The van der Waals surface area contributed by atoms with Crippen molar-refractivity contribution < 1.29 is 22.7 Å². The maximum absolute atomic E-state index is 12.8. The van der Waals surface area contributed by atoms with Crippen molar-refractivity contribution in [1.82, 2.24) is 20.1 Å². The molecule has 0 aliphatic carbocycles. The molecule has 2 amide bonds. The van der Waals surface area contributed by atoms with E-state index >= 15 is 0 Å². The third kappa shape index (κ3) is 6.31. The normalized spacial score (nSPS) is 14.0. The second kappa shape index (κ2) is 10.3. The molecule has 34 heavy (non-hydrogen) atoms. The zero-order valence-corrected chi connectivity index (χ0v) is 18.1. The van der Waals surface area contributed by atoms with Crippen LogP contribution in [0.3, 0.4) is 0 Å². The van der Waals surface area contributed by atoms with Crippen LogP contribution in [-0.2, 0) is 12.8 Å². The number of benzene rings is 1. The van der Waals surface area contributed by atoms with Gasteiger partial charge >= 0.3 is 12.2 Å². The number of alkyl halides is 3. The predicted octanol–water partition coefficient (Wildman–Crippen LogP) is 5.18. The summed E-state index contributed by atoms with van der Waals surface area (Å²) in [5.74, 6) is 0.945. The Kier molecular flexibility index (Phi) is 7.05. The van der Waals surface area contributed by atoms with Crippen molar-refractivity contribution in [2.75, 3.05) is 18.4 Å². The monoisotopic (exact) mass is 469 g/mol. The Labute approximate surface area is 194 Å². The molecule has 0 spiro atoms. The highest BCUT2D eigenvalue weighted by Gasteiger charge is 2.32. The average molecular weight is 469 g/mol. The van der Waals surface area contributed by atoms with Crippen LogP contribution in [-0.4, -0.2) is 39.2 Å². The van der Waals surface area contributed by atoms with Gasteiger partial charge in [-0.1, -0.05) is 29.8 Å². The van der Waals surface area contributed by atoms with E-state index in [0.29, 0.717) is 24.7 Å². The summed E-state index contributed by atoms with van der Waals surface area (Å²) in [6.07, 6.45) is 0.553. The van der Waals surface area contributed by atoms with E-state index in [4.69, 9.17) is 4.74 Å². The second-order valence-corrected chi connectivity index (χ2v) is 7.70. The second-order valence-electron chi connectivity index (χ2n) is 7.70. The quantitative estimate of drug-likeness (QED) is 0.557. The number of nitrogens with zero attached hydrogens (tertiary/aromatic N) is 4. The third-order valence-electron chi connectivity index (χ3n) is 5.21. The van der Waals surface area contributed by atoms with Gasteiger partial charge in [0.05, 0.1) is 5.69 Å². The van der Waals surface area contributed by atoms with E-state index in [1.165, 1.54) is 23.9 Å². The van der Waals surface area contributed by atoms with E-state index in [1.54, 1.807) is 23.1 Å². The lowest BCUT2D eigenvalue weighted by atomic mass is 10.0. The van der Waals surface area contributed by atoms with Gasteiger partial charge in [-0.05, 0) is 54.8 Å². The topological polar surface area (TPSA) is 80.2 Å². The fourth-order valence-corrected chi connectivity index (χ4v) is 3.50. The fourth-order valence-electron chi connectivity index (χ4n) is 3.50. The molecule has 1 aliphatic heterocycles. The minimum atomic E-state index is -4.49. The molecular weight excluding hydrogens is 447 g/mol. The smallest absolute Gasteiger partial charge is 0.433 e. The van der Waals surface area contributed by atoms with Crippen molar-refractivity contribution in [3.63, 3.8) is 0 Å². The first-order valence-electron chi connectivity index (χ1n) is 10.7. The number of halogens is 3. The number of hydrogen-bond donors (Lipinski definition) is 1. The van der Waals surface area contributed by atoms with Crippen molar-refractivity contribution in [3.05, 3.63) is 83.3 Å². The molecule has 2 aromatic heterocycles. The van der Waals surface area contributed by atoms with E-state index < -0.39 is 11.9 Å². The molecule has 3 heterocycles. The van der Waals surface area contributed by atoms with Crippen molar-refractivity contribution in [1.29, 1.82) is 0 Å². The van der Waals surface area contributed by atoms with Gasteiger partial charge in [0.2, 0.25) is 0 Å². The van der Waals surface area contributed by atoms with Gasteiger partial charge < -0.3 is 9.64 Å². The van der Waals surface area contributed by atoms with Crippen molar-refractivity contribution in [3.8, 4) is 5.75 Å². The Hall–Kier alpha value is -3.95. The van der Waals surface area contributed by atoms with E-state index in [2.05, 4.69) is 20.5 Å². The Morgan fingerprint density at radius 3 is 2.62 bits per heavy atom. The molecule has 0 saturated carbocycles. The molecule has 7 nitrogen and oxygen atoms in total. The summed E-state index contributed by atoms with van der Waals surface area (Å²) >= 11 is 0. The van der Waals surface area contributed by atoms with Crippen LogP contribution in [0.25, 0.3) is 6.08 Å². The SMILES string of the molecule is O=C(Nc1cccnn1)N1CCC(=Cc2cccc(OCc3cccc(C(F)(F)F)n3)c2)CC1. The van der Waals surface area contributed by atoms with E-state index in [1.807, 2.05) is 24.3 Å². The van der Waals surface area contributed by atoms with Crippen LogP contribution in [0.5, 0.6) is 5.75 Å². The molecule has 0 atom stereocenters. The molecule has 1 fully saturated rings. The number of piperidine rings is 1. The number of rotatable bonds is 5. The number of carbonyl (C=O) groups is 1. The zero-order valence-electron chi connectivity index (χ0n) is 18.1. The fraction of sp³-hybridized carbons (Fsp3) is 0.250. The number of amides is 2. The number of ether oxygens (including phenoxy) is 1. The number of aromatic nitrogens is 3. The summed E-state index contributed by atoms with van der Waals surface area (Å²) < 4.78 is 44.2. The highest BCUT2D eigenvalue weighted by atomic mass is 19.4. The highest BCUT2D eigenvalue weighted by Crippen LogP contribution is 2.28. The van der Waals surface area contributed by atoms with Crippen molar-refractivity contribution >= 4 is 17.9 Å². The molecule has 1 saturated heterocycles. The summed E-state index contributed by atoms with van der Waals surface area (Å²) in [4.78, 5) is 17.7. The predicted molar refractivity (Wildman–Crippen MR) is 120 cm³/mol. The van der Waals surface area contributed by atoms with Gasteiger partial charge in [-0.3, -0.25) is 5.32 Å². The maximum Gasteiger partial charge on any atom is 0.433 e. The molecule has 4 rings (SSSR count). The molecule has 1 aliphatic rings. The maximum atomic E-state index is 12.8. The minimum absolute atomic E-state index is 0.0696. The number of urea groups is 1. The standard InChI is InChI=1S/C24H22F3N5O2/c25-24(26,27)21-7-2-5-19(29-21)16-34-20-6-1-4-18(15-20)14-17-9-12-32(13-10-17)23(33)30-22-8-3-11-28-31-22/h1-8,11,14-15H,9-10,12-13,16H2,(H,30,31,33). The molecule has 0 radical (unpaired) electrons. The van der Waals surface area contributed by atoms with Gasteiger partial charge in [-0.25, -0.2) is 9.78 Å². The Morgan fingerprint density at radius 2 is 1.88 bits per heavy atom. The average Bonchev–Trinajstić information content (AvgIpc) is 2.84. The van der Waals surface area contributed by atoms with Crippen LogP contribution < -0.4 is 10.1 Å². The first-order valence-corrected chi connectivity index (χ1v) is 10.7. The van der Waals surface area contributed by atoms with E-state index in [0.717, 1.165) is 24.5 Å². The molecule has 0 unspecified atom stereocenters. The van der Waals surface area contributed by atoms with Crippen molar-refractivity contribution in [2.24, 2.45) is 0 Å². The van der Waals surface area contributed by atoms with Crippen LogP contribution in [0.2, 0.25) is 0 Å². The summed E-state index contributed by atoms with van der Waals surface area (Å²) in [6.45, 7) is 1.09. The van der Waals surface area contributed by atoms with Crippen LogP contribution in [0, 0.1) is 0 Å². The van der Waals surface area contributed by atoms with Crippen LogP contribution in [0.4, 0.5) is 23.8 Å². The lowest BCUT2D eigenvalue weighted by Gasteiger charge is -2.28. The van der Waals surface area contributed by atoms with Gasteiger partial charge in [0.15, 0.2) is 5.82 Å². The van der Waals surface area contributed by atoms with Gasteiger partial charge in [-0.15, -0.1) is 5.10 Å². The molecular formula is C24H22F3N5O2. The summed E-state index contributed by atoms with van der Waals surface area (Å²) in [6, 6.07) is 14.2. The summed E-state index contributed by atoms with van der Waals surface area (Å²) in [5, 5.41) is 10.3. The summed E-state index contributed by atoms with van der Waals surface area (Å²) in [7, 11) is 0. The first kappa shape index (κ1) is 23.2. The molecule has 1 N–H and O–H groups in total. The van der Waals surface area contributed by atoms with Gasteiger partial charge in [0, 0.05) is 19.3 Å². The number of pyridine rings is 1. The largest absolute Gasteiger partial charge is 0.487 e. The van der Waals surface area contributed by atoms with Crippen molar-refractivity contribution in [2.45, 2.75) is 25.6 Å². The lowest BCUT2D eigenvalue weighted by molar-refractivity contribution is -0.141. The van der Waals surface area contributed by atoms with Gasteiger partial charge in [0.1, 0.15) is 18.1 Å². The Morgan fingerprint density at radius 1 is 1.09 bits per heavy atom. The third-order valence-corrected chi connectivity index (χ3v) is 5.21. The van der Waals surface area contributed by atoms with Gasteiger partial charge in [-0.2, -0.15) is 18.3 Å². The lowest BCUT2D eigenvalue weighted by Crippen LogP contribution is -2.39. The molecule has 10 heteroatoms. The summed E-state index contributed by atoms with van der Waals surface area (Å²) in [5.41, 5.74) is 1.37. The van der Waals surface area contributed by atoms with E-state index in [9.17, 15) is 18.0 Å². The number of hydrogen-bond acceptors (Lipinski definition) is 5. The molecule has 0 bridgehead atoms. The van der Waals surface area contributed by atoms with Crippen LogP contribution in [0.15, 0.2) is 66.4 Å². The minimum Gasteiger partial charge on any atom is -0.487 e. The number of anilines is 1. The zero-order chi connectivity index (χ0) is 24.0. The molecule has 176 valence electrons.